The molecule has 160 valence electrons. The molecule has 0 atom stereocenters. The molecule has 2 aromatic carbocycles. The quantitative estimate of drug-likeness (QED) is 0.179. The molecule has 30 heavy (non-hydrogen) atoms. The normalized spacial score (nSPS) is 11.1. The minimum Gasteiger partial charge on any atom is -0.497 e. The van der Waals surface area contributed by atoms with Crippen molar-refractivity contribution in [1.29, 1.82) is 0 Å². The number of carbonyl (C=O) groups excluding carboxylic acids is 1. The molecule has 0 aliphatic rings. The highest BCUT2D eigenvalue weighted by molar-refractivity contribution is 5.86. The van der Waals surface area contributed by atoms with E-state index in [1.807, 2.05) is 36.4 Å². The molecule has 0 N–H and O–H groups in total. The van der Waals surface area contributed by atoms with Crippen LogP contribution in [0.15, 0.2) is 60.7 Å². The zero-order chi connectivity index (χ0) is 21.8. The zero-order valence-corrected chi connectivity index (χ0v) is 18.3. The van der Waals surface area contributed by atoms with E-state index in [2.05, 4.69) is 31.7 Å². The number of unbranched alkanes of at least 4 members (excludes halogenated alkanes) is 3. The summed E-state index contributed by atoms with van der Waals surface area (Å²) in [6.45, 7) is 8.47. The number of allylic oxidation sites excluding steroid dienone is 1. The van der Waals surface area contributed by atoms with E-state index in [9.17, 15) is 4.79 Å². The van der Waals surface area contributed by atoms with Crippen LogP contribution in [0.3, 0.4) is 0 Å². The van der Waals surface area contributed by atoms with Crippen LogP contribution in [0.2, 0.25) is 0 Å². The average Bonchev–Trinajstić information content (AvgIpc) is 2.76. The fourth-order valence-corrected chi connectivity index (χ4v) is 2.88. The minimum atomic E-state index is -0.309. The zero-order valence-electron chi connectivity index (χ0n) is 18.3. The van der Waals surface area contributed by atoms with Crippen LogP contribution >= 0.6 is 0 Å². The Morgan fingerprint density at radius 1 is 0.867 bits per heavy atom. The number of esters is 1. The van der Waals surface area contributed by atoms with Crippen LogP contribution < -0.4 is 9.47 Å². The summed E-state index contributed by atoms with van der Waals surface area (Å²) in [5.41, 5.74) is 3.95. The smallest absolute Gasteiger partial charge is 0.333 e. The standard InChI is InChI=1S/C26H32O4/c1-20(2)26(27)30-18-8-6-5-7-17-29-25-15-11-23(12-16-25)21(3)19-22-9-13-24(28-4)14-10-22/h9-16,19H,1,5-8,17-18H2,2-4H3/b21-19-. The van der Waals surface area contributed by atoms with Gasteiger partial charge in [0.2, 0.25) is 0 Å². The summed E-state index contributed by atoms with van der Waals surface area (Å²) in [7, 11) is 1.67. The van der Waals surface area contributed by atoms with Crippen molar-refractivity contribution in [3.05, 3.63) is 71.8 Å². The molecular formula is C26H32O4. The molecule has 0 saturated carbocycles. The number of rotatable bonds is 12. The molecule has 0 aromatic heterocycles. The summed E-state index contributed by atoms with van der Waals surface area (Å²) in [5.74, 6) is 1.43. The highest BCUT2D eigenvalue weighted by Gasteiger charge is 2.02. The topological polar surface area (TPSA) is 44.8 Å². The van der Waals surface area contributed by atoms with E-state index < -0.39 is 0 Å². The van der Waals surface area contributed by atoms with Crippen LogP contribution in [-0.2, 0) is 9.53 Å². The number of ether oxygens (including phenoxy) is 3. The number of hydrogen-bond donors (Lipinski definition) is 0. The summed E-state index contributed by atoms with van der Waals surface area (Å²) < 4.78 is 16.1. The Kier molecular flexibility index (Phi) is 9.72. The number of carbonyl (C=O) groups is 1. The highest BCUT2D eigenvalue weighted by atomic mass is 16.5. The van der Waals surface area contributed by atoms with Gasteiger partial charge in [-0.2, -0.15) is 0 Å². The van der Waals surface area contributed by atoms with Crippen LogP contribution in [0.1, 0.15) is 50.7 Å². The molecule has 0 aliphatic carbocycles. The lowest BCUT2D eigenvalue weighted by atomic mass is 10.0. The first-order valence-electron chi connectivity index (χ1n) is 10.4. The summed E-state index contributed by atoms with van der Waals surface area (Å²) in [6, 6.07) is 16.2. The molecule has 4 heteroatoms. The minimum absolute atomic E-state index is 0.309. The number of methoxy groups -OCH3 is 1. The second kappa shape index (κ2) is 12.5. The van der Waals surface area contributed by atoms with E-state index >= 15 is 0 Å². The predicted molar refractivity (Wildman–Crippen MR) is 123 cm³/mol. The van der Waals surface area contributed by atoms with Gasteiger partial charge in [-0.1, -0.05) is 36.9 Å². The van der Waals surface area contributed by atoms with Gasteiger partial charge in [0.1, 0.15) is 11.5 Å². The van der Waals surface area contributed by atoms with Crippen molar-refractivity contribution < 1.29 is 19.0 Å². The van der Waals surface area contributed by atoms with Crippen LogP contribution in [0.25, 0.3) is 11.6 Å². The Hall–Kier alpha value is -3.01. The second-order valence-electron chi connectivity index (χ2n) is 7.30. The van der Waals surface area contributed by atoms with E-state index in [-0.39, 0.29) is 5.97 Å². The fraction of sp³-hybridized carbons (Fsp3) is 0.346. The third-order valence-electron chi connectivity index (χ3n) is 4.70. The van der Waals surface area contributed by atoms with Gasteiger partial charge in [0.15, 0.2) is 0 Å². The Balaban J connectivity index is 1.68. The van der Waals surface area contributed by atoms with Crippen molar-refractivity contribution in [3.63, 3.8) is 0 Å². The van der Waals surface area contributed by atoms with Crippen molar-refractivity contribution in [2.24, 2.45) is 0 Å². The third kappa shape index (κ3) is 8.16. The second-order valence-corrected chi connectivity index (χ2v) is 7.30. The summed E-state index contributed by atoms with van der Waals surface area (Å²) in [4.78, 5) is 11.3. The maximum Gasteiger partial charge on any atom is 0.333 e. The molecule has 2 aromatic rings. The summed E-state index contributed by atoms with van der Waals surface area (Å²) in [5, 5.41) is 0. The molecule has 0 radical (unpaired) electrons. The largest absolute Gasteiger partial charge is 0.497 e. The fourth-order valence-electron chi connectivity index (χ4n) is 2.88. The predicted octanol–water partition coefficient (Wildman–Crippen LogP) is 6.31. The average molecular weight is 409 g/mol. The SMILES string of the molecule is C=C(C)C(=O)OCCCCCCOc1ccc(/C(C)=C\c2ccc(OC)cc2)cc1. The lowest BCUT2D eigenvalue weighted by Crippen LogP contribution is -2.06. The van der Waals surface area contributed by atoms with Crippen molar-refractivity contribution in [3.8, 4) is 11.5 Å². The van der Waals surface area contributed by atoms with Gasteiger partial charge in [-0.3, -0.25) is 0 Å². The molecule has 0 heterocycles. The first-order valence-corrected chi connectivity index (χ1v) is 10.4. The van der Waals surface area contributed by atoms with Crippen LogP contribution in [0.4, 0.5) is 0 Å². The van der Waals surface area contributed by atoms with Crippen molar-refractivity contribution >= 4 is 17.6 Å². The van der Waals surface area contributed by atoms with Gasteiger partial charge in [-0.05, 0) is 80.5 Å². The Labute approximate surface area is 180 Å². The lowest BCUT2D eigenvalue weighted by molar-refractivity contribution is -0.139. The van der Waals surface area contributed by atoms with Gasteiger partial charge in [-0.25, -0.2) is 4.79 Å². The Morgan fingerprint density at radius 3 is 2.07 bits per heavy atom. The first-order chi connectivity index (χ1) is 14.5. The monoisotopic (exact) mass is 408 g/mol. The first kappa shape index (κ1) is 23.3. The van der Waals surface area contributed by atoms with Gasteiger partial charge >= 0.3 is 5.97 Å². The van der Waals surface area contributed by atoms with Crippen molar-refractivity contribution in [2.75, 3.05) is 20.3 Å². The van der Waals surface area contributed by atoms with Gasteiger partial charge in [0.25, 0.3) is 0 Å². The molecule has 0 amide bonds. The Bertz CT molecular complexity index is 832. The maximum absolute atomic E-state index is 11.3. The Morgan fingerprint density at radius 2 is 1.47 bits per heavy atom. The molecule has 0 aliphatic heterocycles. The van der Waals surface area contributed by atoms with Crippen LogP contribution in [0.5, 0.6) is 11.5 Å². The van der Waals surface area contributed by atoms with Crippen LogP contribution in [0, 0.1) is 0 Å². The van der Waals surface area contributed by atoms with Gasteiger partial charge < -0.3 is 14.2 Å². The molecule has 0 unspecified atom stereocenters. The molecular weight excluding hydrogens is 376 g/mol. The number of benzene rings is 2. The van der Waals surface area contributed by atoms with E-state index in [0.717, 1.165) is 42.7 Å². The summed E-state index contributed by atoms with van der Waals surface area (Å²) >= 11 is 0. The maximum atomic E-state index is 11.3. The third-order valence-corrected chi connectivity index (χ3v) is 4.70. The van der Waals surface area contributed by atoms with Crippen LogP contribution in [-0.4, -0.2) is 26.3 Å². The van der Waals surface area contributed by atoms with Crippen molar-refractivity contribution in [1.82, 2.24) is 0 Å². The molecule has 0 fully saturated rings. The lowest BCUT2D eigenvalue weighted by Gasteiger charge is -2.08. The molecule has 0 saturated heterocycles. The molecule has 0 bridgehead atoms. The van der Waals surface area contributed by atoms with Gasteiger partial charge in [-0.15, -0.1) is 0 Å². The van der Waals surface area contributed by atoms with E-state index in [1.54, 1.807) is 14.0 Å². The molecule has 2 rings (SSSR count). The van der Waals surface area contributed by atoms with Crippen molar-refractivity contribution in [2.45, 2.75) is 39.5 Å². The van der Waals surface area contributed by atoms with E-state index in [1.165, 1.54) is 11.1 Å². The molecule has 0 spiro atoms. The number of hydrogen-bond acceptors (Lipinski definition) is 4. The summed E-state index contributed by atoms with van der Waals surface area (Å²) in [6.07, 6.45) is 6.07. The highest BCUT2D eigenvalue weighted by Crippen LogP contribution is 2.22. The molecule has 4 nitrogen and oxygen atoms in total. The van der Waals surface area contributed by atoms with E-state index in [0.29, 0.717) is 18.8 Å². The van der Waals surface area contributed by atoms with Gasteiger partial charge in [0, 0.05) is 5.57 Å². The van der Waals surface area contributed by atoms with E-state index in [4.69, 9.17) is 14.2 Å². The van der Waals surface area contributed by atoms with Gasteiger partial charge in [0.05, 0.1) is 20.3 Å².